The van der Waals surface area contributed by atoms with E-state index in [0.717, 1.165) is 32.9 Å². The van der Waals surface area contributed by atoms with Crippen LogP contribution in [0.2, 0.25) is 0 Å². The number of benzene rings is 4. The molecule has 27 heavy (non-hydrogen) atoms. The fourth-order valence-corrected chi connectivity index (χ4v) is 3.26. The van der Waals surface area contributed by atoms with E-state index in [1.165, 1.54) is 0 Å². The lowest BCUT2D eigenvalue weighted by atomic mass is 9.97. The summed E-state index contributed by atoms with van der Waals surface area (Å²) >= 11 is 0. The predicted molar refractivity (Wildman–Crippen MR) is 108 cm³/mol. The third-order valence-electron chi connectivity index (χ3n) is 4.89. The van der Waals surface area contributed by atoms with E-state index >= 15 is 0 Å². The number of carbonyl (C=O) groups excluding carboxylic acids is 1. The number of hydrogen-bond donors (Lipinski definition) is 0. The summed E-state index contributed by atoms with van der Waals surface area (Å²) < 4.78 is 11.0. The monoisotopic (exact) mass is 356 g/mol. The average Bonchev–Trinajstić information content (AvgIpc) is 2.72. The van der Waals surface area contributed by atoms with Crippen molar-refractivity contribution >= 4 is 27.5 Å². The molecular weight excluding hydrogens is 336 g/mol. The van der Waals surface area contributed by atoms with Crippen LogP contribution >= 0.6 is 0 Å². The SMILES string of the molecule is COc1ccc2cc([C@H](C)C(=O)Oc3cccc4ccccc34)ccc2c1. The number of fused-ring (bicyclic) bond motifs is 2. The van der Waals surface area contributed by atoms with Crippen molar-refractivity contribution in [3.63, 3.8) is 0 Å². The van der Waals surface area contributed by atoms with E-state index in [0.29, 0.717) is 5.75 Å². The first-order valence-corrected chi connectivity index (χ1v) is 8.93. The van der Waals surface area contributed by atoms with Crippen LogP contribution in [-0.2, 0) is 4.79 Å². The minimum absolute atomic E-state index is 0.265. The quantitative estimate of drug-likeness (QED) is 0.347. The van der Waals surface area contributed by atoms with Crippen LogP contribution in [0.15, 0.2) is 78.9 Å². The van der Waals surface area contributed by atoms with E-state index in [1.807, 2.05) is 85.8 Å². The van der Waals surface area contributed by atoms with E-state index in [1.54, 1.807) is 7.11 Å². The van der Waals surface area contributed by atoms with Gasteiger partial charge in [-0.15, -0.1) is 0 Å². The van der Waals surface area contributed by atoms with Crippen molar-refractivity contribution in [1.82, 2.24) is 0 Å². The largest absolute Gasteiger partial charge is 0.497 e. The third-order valence-corrected chi connectivity index (χ3v) is 4.89. The molecule has 4 rings (SSSR count). The summed E-state index contributed by atoms with van der Waals surface area (Å²) in [6.07, 6.45) is 0. The first-order valence-electron chi connectivity index (χ1n) is 8.93. The van der Waals surface area contributed by atoms with Gasteiger partial charge in [-0.25, -0.2) is 0 Å². The molecule has 134 valence electrons. The first-order chi connectivity index (χ1) is 13.2. The highest BCUT2D eigenvalue weighted by atomic mass is 16.5. The Morgan fingerprint density at radius 3 is 2.41 bits per heavy atom. The smallest absolute Gasteiger partial charge is 0.318 e. The lowest BCUT2D eigenvalue weighted by molar-refractivity contribution is -0.135. The van der Waals surface area contributed by atoms with Crippen molar-refractivity contribution in [3.05, 3.63) is 84.4 Å². The molecule has 4 aromatic rings. The maximum atomic E-state index is 12.8. The molecule has 1 atom stereocenters. The summed E-state index contributed by atoms with van der Waals surface area (Å²) in [6.45, 7) is 1.87. The standard InChI is InChI=1S/C24H20O3/c1-16(18-10-11-20-15-21(26-2)13-12-19(20)14-18)24(25)27-23-9-5-7-17-6-3-4-8-22(17)23/h3-16H,1-2H3/t16-/m0/s1. The highest BCUT2D eigenvalue weighted by Crippen LogP contribution is 2.29. The van der Waals surface area contributed by atoms with Gasteiger partial charge in [-0.05, 0) is 46.8 Å². The minimum atomic E-state index is -0.365. The van der Waals surface area contributed by atoms with Crippen molar-refractivity contribution in [3.8, 4) is 11.5 Å². The molecule has 0 fully saturated rings. The van der Waals surface area contributed by atoms with Crippen molar-refractivity contribution in [2.24, 2.45) is 0 Å². The molecule has 0 heterocycles. The third kappa shape index (κ3) is 3.36. The number of carbonyl (C=O) groups is 1. The number of hydrogen-bond acceptors (Lipinski definition) is 3. The Labute approximate surface area is 158 Å². The van der Waals surface area contributed by atoms with Gasteiger partial charge in [-0.1, -0.05) is 60.7 Å². The molecule has 0 saturated carbocycles. The molecule has 0 spiro atoms. The molecule has 0 aliphatic carbocycles. The fraction of sp³-hybridized carbons (Fsp3) is 0.125. The molecule has 0 bridgehead atoms. The van der Waals surface area contributed by atoms with Crippen LogP contribution in [0.1, 0.15) is 18.4 Å². The second-order valence-corrected chi connectivity index (χ2v) is 6.59. The fourth-order valence-electron chi connectivity index (χ4n) is 3.26. The number of methoxy groups -OCH3 is 1. The van der Waals surface area contributed by atoms with Crippen molar-refractivity contribution < 1.29 is 14.3 Å². The first kappa shape index (κ1) is 17.1. The van der Waals surface area contributed by atoms with Crippen molar-refractivity contribution in [2.45, 2.75) is 12.8 Å². The second-order valence-electron chi connectivity index (χ2n) is 6.59. The van der Waals surface area contributed by atoms with Crippen LogP contribution in [-0.4, -0.2) is 13.1 Å². The van der Waals surface area contributed by atoms with Gasteiger partial charge in [0.15, 0.2) is 0 Å². The van der Waals surface area contributed by atoms with Gasteiger partial charge in [-0.2, -0.15) is 0 Å². The van der Waals surface area contributed by atoms with Crippen LogP contribution < -0.4 is 9.47 Å². The molecule has 0 aliphatic heterocycles. The van der Waals surface area contributed by atoms with Gasteiger partial charge < -0.3 is 9.47 Å². The van der Waals surface area contributed by atoms with Gasteiger partial charge in [-0.3, -0.25) is 4.79 Å². The van der Waals surface area contributed by atoms with E-state index < -0.39 is 0 Å². The summed E-state index contributed by atoms with van der Waals surface area (Å²) in [6, 6.07) is 25.5. The Morgan fingerprint density at radius 2 is 1.56 bits per heavy atom. The predicted octanol–water partition coefficient (Wildman–Crippen LogP) is 5.71. The van der Waals surface area contributed by atoms with Crippen LogP contribution in [0.3, 0.4) is 0 Å². The van der Waals surface area contributed by atoms with E-state index in [2.05, 4.69) is 0 Å². The van der Waals surface area contributed by atoms with E-state index in [-0.39, 0.29) is 11.9 Å². The van der Waals surface area contributed by atoms with Gasteiger partial charge in [0.05, 0.1) is 13.0 Å². The molecule has 3 heteroatoms. The highest BCUT2D eigenvalue weighted by molar-refractivity contribution is 5.92. The molecule has 0 amide bonds. The topological polar surface area (TPSA) is 35.5 Å². The zero-order chi connectivity index (χ0) is 18.8. The summed E-state index contributed by atoms with van der Waals surface area (Å²) in [5.41, 5.74) is 0.929. The van der Waals surface area contributed by atoms with Gasteiger partial charge in [0.1, 0.15) is 11.5 Å². The van der Waals surface area contributed by atoms with E-state index in [4.69, 9.17) is 9.47 Å². The maximum Gasteiger partial charge on any atom is 0.318 e. The van der Waals surface area contributed by atoms with Gasteiger partial charge in [0.2, 0.25) is 0 Å². The average molecular weight is 356 g/mol. The molecule has 3 nitrogen and oxygen atoms in total. The lowest BCUT2D eigenvalue weighted by Gasteiger charge is -2.14. The van der Waals surface area contributed by atoms with Crippen LogP contribution in [0, 0.1) is 0 Å². The summed E-state index contributed by atoms with van der Waals surface area (Å²) in [4.78, 5) is 12.8. The van der Waals surface area contributed by atoms with E-state index in [9.17, 15) is 4.79 Å². The summed E-state index contributed by atoms with van der Waals surface area (Å²) in [5.74, 6) is 0.781. The second kappa shape index (κ2) is 7.12. The maximum absolute atomic E-state index is 12.8. The Morgan fingerprint density at radius 1 is 0.815 bits per heavy atom. The molecule has 0 saturated heterocycles. The molecule has 4 aromatic carbocycles. The Hall–Kier alpha value is -3.33. The number of esters is 1. The van der Waals surface area contributed by atoms with Crippen LogP contribution in [0.5, 0.6) is 11.5 Å². The van der Waals surface area contributed by atoms with Crippen molar-refractivity contribution in [2.75, 3.05) is 7.11 Å². The Bertz CT molecular complexity index is 1130. The summed E-state index contributed by atoms with van der Waals surface area (Å²) in [5, 5.41) is 4.13. The molecule has 0 unspecified atom stereocenters. The van der Waals surface area contributed by atoms with Gasteiger partial charge in [0, 0.05) is 5.39 Å². The molecule has 0 radical (unpaired) electrons. The zero-order valence-corrected chi connectivity index (χ0v) is 15.3. The number of rotatable bonds is 4. The van der Waals surface area contributed by atoms with Gasteiger partial charge >= 0.3 is 5.97 Å². The highest BCUT2D eigenvalue weighted by Gasteiger charge is 2.19. The van der Waals surface area contributed by atoms with Gasteiger partial charge in [0.25, 0.3) is 0 Å². The zero-order valence-electron chi connectivity index (χ0n) is 15.3. The molecule has 0 aromatic heterocycles. The molecule has 0 aliphatic rings. The number of ether oxygens (including phenoxy) is 2. The Balaban J connectivity index is 1.61. The van der Waals surface area contributed by atoms with Crippen LogP contribution in [0.25, 0.3) is 21.5 Å². The lowest BCUT2D eigenvalue weighted by Crippen LogP contribution is -2.16. The van der Waals surface area contributed by atoms with Crippen molar-refractivity contribution in [1.29, 1.82) is 0 Å². The Kier molecular flexibility index (Phi) is 4.51. The molecule has 0 N–H and O–H groups in total. The minimum Gasteiger partial charge on any atom is -0.497 e. The molecular formula is C24H20O3. The normalized spacial score (nSPS) is 12.1. The van der Waals surface area contributed by atoms with Crippen LogP contribution in [0.4, 0.5) is 0 Å². The summed E-state index contributed by atoms with van der Waals surface area (Å²) in [7, 11) is 1.65.